The van der Waals surface area contributed by atoms with Gasteiger partial charge in [-0.2, -0.15) is 9.29 Å². The van der Waals surface area contributed by atoms with E-state index in [4.69, 9.17) is 16.1 Å². The van der Waals surface area contributed by atoms with E-state index in [2.05, 4.69) is 22.4 Å². The fraction of sp³-hybridized carbons (Fsp3) is 0.348. The van der Waals surface area contributed by atoms with Crippen LogP contribution in [0.1, 0.15) is 31.2 Å². The van der Waals surface area contributed by atoms with Crippen molar-refractivity contribution in [3.63, 3.8) is 0 Å². The number of benzene rings is 2. The fourth-order valence-corrected chi connectivity index (χ4v) is 5.86. The smallest absolute Gasteiger partial charge is 0.244 e. The summed E-state index contributed by atoms with van der Waals surface area (Å²) in [4.78, 5) is 17.0. The average molecular weight is 489 g/mol. The van der Waals surface area contributed by atoms with Crippen molar-refractivity contribution in [3.05, 3.63) is 58.9 Å². The summed E-state index contributed by atoms with van der Waals surface area (Å²) in [5.41, 5.74) is 2.36. The number of rotatable bonds is 6. The number of anilines is 1. The van der Waals surface area contributed by atoms with Crippen molar-refractivity contribution >= 4 is 33.2 Å². The maximum Gasteiger partial charge on any atom is 0.244 e. The molecule has 1 aromatic heterocycles. The third-order valence-corrected chi connectivity index (χ3v) is 8.07. The summed E-state index contributed by atoms with van der Waals surface area (Å²) < 4.78 is 33.2. The van der Waals surface area contributed by atoms with Gasteiger partial charge in [0, 0.05) is 31.3 Å². The highest BCUT2D eigenvalue weighted by molar-refractivity contribution is 7.89. The number of halogens is 1. The van der Waals surface area contributed by atoms with Crippen LogP contribution in [-0.2, 0) is 21.2 Å². The van der Waals surface area contributed by atoms with E-state index in [9.17, 15) is 13.2 Å². The van der Waals surface area contributed by atoms with Gasteiger partial charge in [0.15, 0.2) is 0 Å². The zero-order valence-corrected chi connectivity index (χ0v) is 20.0. The quantitative estimate of drug-likeness (QED) is 0.554. The molecule has 8 nitrogen and oxygen atoms in total. The van der Waals surface area contributed by atoms with Gasteiger partial charge in [-0.3, -0.25) is 4.79 Å². The second-order valence-electron chi connectivity index (χ2n) is 8.02. The Bertz CT molecular complexity index is 1260. The van der Waals surface area contributed by atoms with Crippen LogP contribution in [-0.4, -0.2) is 41.9 Å². The van der Waals surface area contributed by atoms with E-state index in [1.807, 2.05) is 24.3 Å². The van der Waals surface area contributed by atoms with Gasteiger partial charge in [-0.25, -0.2) is 8.42 Å². The van der Waals surface area contributed by atoms with Crippen LogP contribution in [0, 0.1) is 12.8 Å². The minimum absolute atomic E-state index is 0.0414. The first kappa shape index (κ1) is 23.4. The zero-order chi connectivity index (χ0) is 23.6. The van der Waals surface area contributed by atoms with Crippen molar-refractivity contribution in [3.8, 4) is 11.4 Å². The van der Waals surface area contributed by atoms with Gasteiger partial charge in [-0.05, 0) is 55.2 Å². The van der Waals surface area contributed by atoms with E-state index < -0.39 is 15.9 Å². The molecule has 1 saturated heterocycles. The van der Waals surface area contributed by atoms with Gasteiger partial charge in [0.2, 0.25) is 27.6 Å². The third kappa shape index (κ3) is 5.10. The van der Waals surface area contributed by atoms with E-state index in [1.54, 1.807) is 13.0 Å². The van der Waals surface area contributed by atoms with Gasteiger partial charge in [-0.1, -0.05) is 35.8 Å². The highest BCUT2D eigenvalue weighted by Gasteiger charge is 2.34. The first-order chi connectivity index (χ1) is 15.8. The molecule has 0 spiro atoms. The Hall–Kier alpha value is -2.75. The second-order valence-corrected chi connectivity index (χ2v) is 10.3. The van der Waals surface area contributed by atoms with Crippen LogP contribution >= 0.6 is 11.6 Å². The Morgan fingerprint density at radius 3 is 2.67 bits per heavy atom. The van der Waals surface area contributed by atoms with Crippen LogP contribution in [0.2, 0.25) is 5.02 Å². The Morgan fingerprint density at radius 1 is 1.24 bits per heavy atom. The molecule has 0 aliphatic carbocycles. The number of hydrogen-bond acceptors (Lipinski definition) is 6. The molecule has 1 N–H and O–H groups in total. The molecule has 0 bridgehead atoms. The molecule has 1 atom stereocenters. The predicted molar refractivity (Wildman–Crippen MR) is 125 cm³/mol. The largest absolute Gasteiger partial charge is 0.339 e. The lowest BCUT2D eigenvalue weighted by molar-refractivity contribution is -0.120. The van der Waals surface area contributed by atoms with Crippen LogP contribution in [0.5, 0.6) is 0 Å². The van der Waals surface area contributed by atoms with Gasteiger partial charge >= 0.3 is 0 Å². The molecular weight excluding hydrogens is 464 g/mol. The fourth-order valence-electron chi connectivity index (χ4n) is 3.84. The van der Waals surface area contributed by atoms with Crippen LogP contribution in [0.25, 0.3) is 11.4 Å². The summed E-state index contributed by atoms with van der Waals surface area (Å²) in [6.45, 7) is 4.12. The number of aromatic nitrogens is 2. The molecule has 4 rings (SSSR count). The van der Waals surface area contributed by atoms with Gasteiger partial charge in [0.1, 0.15) is 4.90 Å². The lowest BCUT2D eigenvalue weighted by Gasteiger charge is -2.31. The van der Waals surface area contributed by atoms with Crippen LogP contribution in [0.3, 0.4) is 0 Å². The summed E-state index contributed by atoms with van der Waals surface area (Å²) >= 11 is 6.27. The Morgan fingerprint density at radius 2 is 2.00 bits per heavy atom. The number of sulfonamides is 1. The Balaban J connectivity index is 1.52. The zero-order valence-electron chi connectivity index (χ0n) is 18.4. The molecule has 174 valence electrons. The van der Waals surface area contributed by atoms with Crippen molar-refractivity contribution in [2.75, 3.05) is 18.4 Å². The topological polar surface area (TPSA) is 105 Å². The number of carbonyl (C=O) groups excluding carboxylic acids is 1. The molecule has 1 amide bonds. The highest BCUT2D eigenvalue weighted by Crippen LogP contribution is 2.31. The third-order valence-electron chi connectivity index (χ3n) is 5.72. The molecule has 0 radical (unpaired) electrons. The number of piperidine rings is 1. The number of hydrogen-bond donors (Lipinski definition) is 1. The van der Waals surface area contributed by atoms with Crippen LogP contribution in [0.4, 0.5) is 5.69 Å². The second kappa shape index (κ2) is 9.62. The average Bonchev–Trinajstić information content (AvgIpc) is 3.26. The highest BCUT2D eigenvalue weighted by atomic mass is 35.5. The van der Waals surface area contributed by atoms with Gasteiger partial charge < -0.3 is 9.84 Å². The molecule has 1 fully saturated rings. The molecular formula is C23H25ClN4O4S. The van der Waals surface area contributed by atoms with Crippen molar-refractivity contribution in [2.45, 2.75) is 38.0 Å². The van der Waals surface area contributed by atoms with Crippen molar-refractivity contribution < 1.29 is 17.7 Å². The molecule has 10 heteroatoms. The standard InChI is InChI=1S/C23H25ClN4O4S/c1-3-16-6-9-19(10-7-16)26-23(29)18-5-4-12-28(14-18)33(30,31)21-13-17(8-11-20(21)24)22-25-15(2)32-27-22/h6-11,13,18H,3-5,12,14H2,1-2H3,(H,26,29)/t18-/m1/s1. The monoisotopic (exact) mass is 488 g/mol. The van der Waals surface area contributed by atoms with Crippen molar-refractivity contribution in [1.29, 1.82) is 0 Å². The Labute approximate surface area is 198 Å². The maximum atomic E-state index is 13.4. The molecule has 0 unspecified atom stereocenters. The molecule has 1 aliphatic rings. The Kier molecular flexibility index (Phi) is 6.83. The predicted octanol–water partition coefficient (Wildman–Crippen LogP) is 4.30. The van der Waals surface area contributed by atoms with E-state index in [-0.39, 0.29) is 28.2 Å². The van der Waals surface area contributed by atoms with Gasteiger partial charge in [-0.15, -0.1) is 0 Å². The summed E-state index contributed by atoms with van der Waals surface area (Å²) in [7, 11) is -3.93. The van der Waals surface area contributed by atoms with Gasteiger partial charge in [0.05, 0.1) is 10.9 Å². The van der Waals surface area contributed by atoms with Crippen LogP contribution < -0.4 is 5.32 Å². The SMILES string of the molecule is CCc1ccc(NC(=O)[C@@H]2CCCN(S(=O)(=O)c3cc(-c4noc(C)n4)ccc3Cl)C2)cc1. The molecule has 3 aromatic rings. The van der Waals surface area contributed by atoms with Crippen molar-refractivity contribution in [1.82, 2.24) is 14.4 Å². The summed E-state index contributed by atoms with van der Waals surface area (Å²) in [5, 5.41) is 6.85. The van der Waals surface area contributed by atoms with E-state index in [0.29, 0.717) is 36.5 Å². The van der Waals surface area contributed by atoms with Crippen LogP contribution in [0.15, 0.2) is 51.9 Å². The minimum Gasteiger partial charge on any atom is -0.339 e. The molecule has 1 aliphatic heterocycles. The minimum atomic E-state index is -3.93. The summed E-state index contributed by atoms with van der Waals surface area (Å²) in [6, 6.07) is 12.2. The molecule has 2 aromatic carbocycles. The molecule has 0 saturated carbocycles. The summed E-state index contributed by atoms with van der Waals surface area (Å²) in [5.74, 6) is 0.00615. The van der Waals surface area contributed by atoms with E-state index in [0.717, 1.165) is 6.42 Å². The lowest BCUT2D eigenvalue weighted by Crippen LogP contribution is -2.43. The lowest BCUT2D eigenvalue weighted by atomic mass is 9.98. The number of aryl methyl sites for hydroxylation is 2. The van der Waals surface area contributed by atoms with E-state index >= 15 is 0 Å². The number of amides is 1. The number of nitrogens with one attached hydrogen (secondary N) is 1. The number of carbonyl (C=O) groups is 1. The first-order valence-electron chi connectivity index (χ1n) is 10.8. The molecule has 33 heavy (non-hydrogen) atoms. The van der Waals surface area contributed by atoms with Crippen molar-refractivity contribution in [2.24, 2.45) is 5.92 Å². The van der Waals surface area contributed by atoms with E-state index in [1.165, 1.54) is 22.0 Å². The maximum absolute atomic E-state index is 13.4. The normalized spacial score (nSPS) is 17.1. The van der Waals surface area contributed by atoms with Gasteiger partial charge in [0.25, 0.3) is 0 Å². The molecule has 2 heterocycles. The summed E-state index contributed by atoms with van der Waals surface area (Å²) in [6.07, 6.45) is 2.11. The number of nitrogens with zero attached hydrogens (tertiary/aromatic N) is 3. The first-order valence-corrected chi connectivity index (χ1v) is 12.6.